The molecule has 0 N–H and O–H groups in total. The number of halogens is 3. The van der Waals surface area contributed by atoms with Gasteiger partial charge in [0.25, 0.3) is 0 Å². The van der Waals surface area contributed by atoms with Gasteiger partial charge in [-0.05, 0) is 35.0 Å². The van der Waals surface area contributed by atoms with Crippen LogP contribution in [0.2, 0.25) is 10.2 Å². The van der Waals surface area contributed by atoms with Crippen molar-refractivity contribution < 1.29 is 0 Å². The lowest BCUT2D eigenvalue weighted by atomic mass is 10.1. The first-order valence-electron chi connectivity index (χ1n) is 5.53. The number of nitrogens with zero attached hydrogens (tertiary/aromatic N) is 3. The van der Waals surface area contributed by atoms with E-state index < -0.39 is 0 Å². The number of benzene rings is 1. The molecule has 0 amide bonds. The van der Waals surface area contributed by atoms with E-state index in [1.54, 1.807) is 4.52 Å². The van der Waals surface area contributed by atoms with Crippen LogP contribution in [-0.4, -0.2) is 14.6 Å². The molecule has 0 aliphatic carbocycles. The van der Waals surface area contributed by atoms with Gasteiger partial charge in [0.15, 0.2) is 5.65 Å². The van der Waals surface area contributed by atoms with Gasteiger partial charge in [0, 0.05) is 16.7 Å². The Morgan fingerprint density at radius 1 is 1.21 bits per heavy atom. The summed E-state index contributed by atoms with van der Waals surface area (Å²) in [5.41, 5.74) is 3.26. The maximum absolute atomic E-state index is 6.25. The van der Waals surface area contributed by atoms with Crippen molar-refractivity contribution in [1.82, 2.24) is 14.6 Å². The number of rotatable bonds is 1. The van der Waals surface area contributed by atoms with E-state index in [1.807, 2.05) is 37.3 Å². The quantitative estimate of drug-likeness (QED) is 0.587. The number of hydrogen-bond acceptors (Lipinski definition) is 2. The molecule has 0 saturated heterocycles. The highest BCUT2D eigenvalue weighted by molar-refractivity contribution is 9.10. The van der Waals surface area contributed by atoms with E-state index in [9.17, 15) is 0 Å². The van der Waals surface area contributed by atoms with Crippen molar-refractivity contribution in [2.75, 3.05) is 0 Å². The van der Waals surface area contributed by atoms with Crippen LogP contribution >= 0.6 is 39.1 Å². The Morgan fingerprint density at radius 3 is 2.74 bits per heavy atom. The zero-order chi connectivity index (χ0) is 13.6. The summed E-state index contributed by atoms with van der Waals surface area (Å²) in [6.45, 7) is 1.89. The Labute approximate surface area is 128 Å². The normalized spacial score (nSPS) is 11.2. The van der Waals surface area contributed by atoms with Gasteiger partial charge in [0.2, 0.25) is 0 Å². The molecule has 0 spiro atoms. The molecule has 3 rings (SSSR count). The summed E-state index contributed by atoms with van der Waals surface area (Å²) in [5.74, 6) is 0. The second kappa shape index (κ2) is 4.78. The molecule has 0 aliphatic heterocycles. The van der Waals surface area contributed by atoms with Crippen molar-refractivity contribution in [3.05, 3.63) is 50.7 Å². The van der Waals surface area contributed by atoms with Crippen LogP contribution in [0.25, 0.3) is 16.9 Å². The fourth-order valence-corrected chi connectivity index (χ4v) is 2.56. The molecule has 3 nitrogen and oxygen atoms in total. The first-order chi connectivity index (χ1) is 9.06. The molecule has 2 heterocycles. The predicted octanol–water partition coefficient (Wildman–Crippen LogP) is 4.77. The molecule has 1 aromatic carbocycles. The number of hydrogen-bond donors (Lipinski definition) is 0. The zero-order valence-electron chi connectivity index (χ0n) is 9.86. The minimum Gasteiger partial charge on any atom is -0.233 e. The predicted molar refractivity (Wildman–Crippen MR) is 80.9 cm³/mol. The molecule has 96 valence electrons. The van der Waals surface area contributed by atoms with Crippen LogP contribution in [-0.2, 0) is 0 Å². The van der Waals surface area contributed by atoms with Crippen LogP contribution in [0, 0.1) is 6.92 Å². The lowest BCUT2D eigenvalue weighted by Gasteiger charge is -2.02. The van der Waals surface area contributed by atoms with E-state index in [4.69, 9.17) is 23.2 Å². The van der Waals surface area contributed by atoms with Gasteiger partial charge in [0.1, 0.15) is 5.15 Å². The van der Waals surface area contributed by atoms with Gasteiger partial charge >= 0.3 is 0 Å². The fourth-order valence-electron chi connectivity index (χ4n) is 1.85. The molecular weight excluding hydrogens is 349 g/mol. The van der Waals surface area contributed by atoms with E-state index in [1.165, 1.54) is 0 Å². The van der Waals surface area contributed by atoms with E-state index >= 15 is 0 Å². The maximum Gasteiger partial charge on any atom is 0.157 e. The SMILES string of the molecule is Cc1nc2cc(-c3cccc(Cl)c3)nn2c(Cl)c1Br. The first-order valence-corrected chi connectivity index (χ1v) is 7.08. The summed E-state index contributed by atoms with van der Waals surface area (Å²) in [4.78, 5) is 4.44. The molecule has 6 heteroatoms. The van der Waals surface area contributed by atoms with Gasteiger partial charge in [-0.1, -0.05) is 35.3 Å². The summed E-state index contributed by atoms with van der Waals surface area (Å²) < 4.78 is 2.36. The van der Waals surface area contributed by atoms with Crippen molar-refractivity contribution in [2.45, 2.75) is 6.92 Å². The minimum absolute atomic E-state index is 0.510. The molecule has 0 atom stereocenters. The molecule has 0 radical (unpaired) electrons. The second-order valence-corrected chi connectivity index (χ2v) is 5.70. The second-order valence-electron chi connectivity index (χ2n) is 4.11. The van der Waals surface area contributed by atoms with Crippen LogP contribution in [0.1, 0.15) is 5.69 Å². The monoisotopic (exact) mass is 355 g/mol. The van der Waals surface area contributed by atoms with Gasteiger partial charge < -0.3 is 0 Å². The van der Waals surface area contributed by atoms with Crippen LogP contribution in [0.4, 0.5) is 0 Å². The average molecular weight is 357 g/mol. The molecule has 0 saturated carbocycles. The Hall–Kier alpha value is -1.10. The Morgan fingerprint density at radius 2 is 2.00 bits per heavy atom. The summed E-state index contributed by atoms with van der Waals surface area (Å²) in [6, 6.07) is 9.41. The van der Waals surface area contributed by atoms with Gasteiger partial charge in [-0.25, -0.2) is 9.50 Å². The number of aryl methyl sites for hydroxylation is 1. The Balaban J connectivity index is 2.25. The van der Waals surface area contributed by atoms with Crippen molar-refractivity contribution in [3.63, 3.8) is 0 Å². The number of aromatic nitrogens is 3. The topological polar surface area (TPSA) is 30.2 Å². The third kappa shape index (κ3) is 2.24. The van der Waals surface area contributed by atoms with Crippen LogP contribution in [0.3, 0.4) is 0 Å². The molecule has 0 fully saturated rings. The van der Waals surface area contributed by atoms with Gasteiger partial charge in [-0.3, -0.25) is 0 Å². The summed E-state index contributed by atoms with van der Waals surface area (Å²) >= 11 is 15.6. The molecule has 0 aliphatic rings. The lowest BCUT2D eigenvalue weighted by Crippen LogP contribution is -1.96. The van der Waals surface area contributed by atoms with E-state index in [-0.39, 0.29) is 0 Å². The average Bonchev–Trinajstić information content (AvgIpc) is 2.80. The van der Waals surface area contributed by atoms with Gasteiger partial charge in [-0.2, -0.15) is 5.10 Å². The van der Waals surface area contributed by atoms with Crippen LogP contribution in [0.5, 0.6) is 0 Å². The van der Waals surface area contributed by atoms with E-state index in [2.05, 4.69) is 26.0 Å². The highest BCUT2D eigenvalue weighted by Crippen LogP contribution is 2.28. The van der Waals surface area contributed by atoms with E-state index in [0.29, 0.717) is 15.8 Å². The summed E-state index contributed by atoms with van der Waals surface area (Å²) in [6.07, 6.45) is 0. The molecule has 0 bridgehead atoms. The Bertz CT molecular complexity index is 783. The standard InChI is InChI=1S/C13H8BrCl2N3/c1-7-12(14)13(16)19-11(17-7)6-10(18-19)8-3-2-4-9(15)5-8/h2-6H,1H3. The van der Waals surface area contributed by atoms with Crippen molar-refractivity contribution >= 4 is 44.8 Å². The third-order valence-corrected chi connectivity index (χ3v) is 4.54. The highest BCUT2D eigenvalue weighted by Gasteiger charge is 2.12. The Kier molecular flexibility index (Phi) is 3.25. The molecular formula is C13H8BrCl2N3. The zero-order valence-corrected chi connectivity index (χ0v) is 13.0. The molecule has 0 unspecified atom stereocenters. The minimum atomic E-state index is 0.510. The van der Waals surface area contributed by atoms with Crippen LogP contribution < -0.4 is 0 Å². The molecule has 3 aromatic rings. The van der Waals surface area contributed by atoms with Gasteiger partial charge in [-0.15, -0.1) is 0 Å². The summed E-state index contributed by atoms with van der Waals surface area (Å²) in [5, 5.41) is 5.64. The first kappa shape index (κ1) is 12.9. The van der Waals surface area contributed by atoms with Crippen LogP contribution in [0.15, 0.2) is 34.8 Å². The highest BCUT2D eigenvalue weighted by atomic mass is 79.9. The smallest absolute Gasteiger partial charge is 0.157 e. The fraction of sp³-hybridized carbons (Fsp3) is 0.0769. The maximum atomic E-state index is 6.25. The molecule has 2 aromatic heterocycles. The lowest BCUT2D eigenvalue weighted by molar-refractivity contribution is 0.926. The van der Waals surface area contributed by atoms with Gasteiger partial charge in [0.05, 0.1) is 15.9 Å². The summed E-state index contributed by atoms with van der Waals surface area (Å²) in [7, 11) is 0. The van der Waals surface area contributed by atoms with Crippen molar-refractivity contribution in [2.24, 2.45) is 0 Å². The molecule has 19 heavy (non-hydrogen) atoms. The van der Waals surface area contributed by atoms with E-state index in [0.717, 1.165) is 21.4 Å². The number of fused-ring (bicyclic) bond motifs is 1. The third-order valence-electron chi connectivity index (χ3n) is 2.78. The van der Waals surface area contributed by atoms with Crippen molar-refractivity contribution in [3.8, 4) is 11.3 Å². The largest absolute Gasteiger partial charge is 0.233 e. The van der Waals surface area contributed by atoms with Crippen molar-refractivity contribution in [1.29, 1.82) is 0 Å².